The molecule has 1 aliphatic rings. The average Bonchev–Trinajstić information content (AvgIpc) is 2.55. The third-order valence-corrected chi connectivity index (χ3v) is 3.13. The topological polar surface area (TPSA) is 52.1 Å². The first-order chi connectivity index (χ1) is 8.31. The van der Waals surface area contributed by atoms with E-state index in [2.05, 4.69) is 9.97 Å². The molecule has 1 aromatic rings. The van der Waals surface area contributed by atoms with Crippen molar-refractivity contribution in [3.8, 4) is 0 Å². The summed E-state index contributed by atoms with van der Waals surface area (Å²) in [6, 6.07) is 0. The number of fused-ring (bicyclic) bond motifs is 1. The molecule has 92 valence electrons. The van der Waals surface area contributed by atoms with E-state index < -0.39 is 0 Å². The Morgan fingerprint density at radius 2 is 2.12 bits per heavy atom. The van der Waals surface area contributed by atoms with E-state index in [4.69, 9.17) is 4.74 Å². The number of aryl methyl sites for hydroxylation is 1. The van der Waals surface area contributed by atoms with Crippen molar-refractivity contribution in [3.63, 3.8) is 0 Å². The molecule has 1 aliphatic carbocycles. The standard InChI is InChI=1S/C13H18N2O2/c1-17-8-10(16)7-13-11-5-3-2-4-6-12(11)14-9-15-13/h9H,2-8H2,1H3. The van der Waals surface area contributed by atoms with Crippen LogP contribution in [0.4, 0.5) is 0 Å². The molecule has 1 aromatic heterocycles. The van der Waals surface area contributed by atoms with Crippen LogP contribution in [0.1, 0.15) is 36.2 Å². The van der Waals surface area contributed by atoms with E-state index in [0.717, 1.165) is 24.2 Å². The molecule has 4 nitrogen and oxygen atoms in total. The first-order valence-corrected chi connectivity index (χ1v) is 6.13. The third kappa shape index (κ3) is 3.09. The Morgan fingerprint density at radius 1 is 1.29 bits per heavy atom. The normalized spacial score (nSPS) is 15.1. The third-order valence-electron chi connectivity index (χ3n) is 3.13. The summed E-state index contributed by atoms with van der Waals surface area (Å²) >= 11 is 0. The minimum atomic E-state index is 0.0812. The van der Waals surface area contributed by atoms with Crippen LogP contribution in [0.15, 0.2) is 6.33 Å². The molecule has 0 aliphatic heterocycles. The van der Waals surface area contributed by atoms with Gasteiger partial charge in [0.1, 0.15) is 12.9 Å². The molecular weight excluding hydrogens is 216 g/mol. The molecule has 0 aromatic carbocycles. The second-order valence-electron chi connectivity index (χ2n) is 4.45. The molecule has 0 N–H and O–H groups in total. The van der Waals surface area contributed by atoms with Crippen molar-refractivity contribution in [2.24, 2.45) is 0 Å². The van der Waals surface area contributed by atoms with E-state index in [-0.39, 0.29) is 12.4 Å². The number of ether oxygens (including phenoxy) is 1. The zero-order chi connectivity index (χ0) is 12.1. The lowest BCUT2D eigenvalue weighted by atomic mass is 10.0. The fraction of sp³-hybridized carbons (Fsp3) is 0.615. The van der Waals surface area contributed by atoms with E-state index in [1.165, 1.54) is 24.8 Å². The van der Waals surface area contributed by atoms with Gasteiger partial charge in [0.15, 0.2) is 5.78 Å². The highest BCUT2D eigenvalue weighted by molar-refractivity contribution is 5.81. The lowest BCUT2D eigenvalue weighted by molar-refractivity contribution is -0.122. The molecule has 0 bridgehead atoms. The maximum absolute atomic E-state index is 11.6. The molecule has 0 saturated carbocycles. The van der Waals surface area contributed by atoms with E-state index in [9.17, 15) is 4.79 Å². The van der Waals surface area contributed by atoms with Crippen molar-refractivity contribution in [2.45, 2.75) is 38.5 Å². The molecule has 0 radical (unpaired) electrons. The molecule has 2 rings (SSSR count). The van der Waals surface area contributed by atoms with Crippen molar-refractivity contribution in [1.82, 2.24) is 9.97 Å². The number of hydrogen-bond donors (Lipinski definition) is 0. The van der Waals surface area contributed by atoms with Crippen molar-refractivity contribution in [3.05, 3.63) is 23.3 Å². The first kappa shape index (κ1) is 12.2. The van der Waals surface area contributed by atoms with E-state index >= 15 is 0 Å². The van der Waals surface area contributed by atoms with Gasteiger partial charge in [-0.15, -0.1) is 0 Å². The summed E-state index contributed by atoms with van der Waals surface area (Å²) in [7, 11) is 1.54. The molecule has 1 heterocycles. The van der Waals surface area contributed by atoms with Crippen LogP contribution in [0.5, 0.6) is 0 Å². The zero-order valence-electron chi connectivity index (χ0n) is 10.2. The van der Waals surface area contributed by atoms with Gasteiger partial charge in [0.25, 0.3) is 0 Å². The van der Waals surface area contributed by atoms with Gasteiger partial charge >= 0.3 is 0 Å². The van der Waals surface area contributed by atoms with Gasteiger partial charge in [-0.25, -0.2) is 9.97 Å². The van der Waals surface area contributed by atoms with Gasteiger partial charge in [-0.2, -0.15) is 0 Å². The Labute approximate surface area is 101 Å². The van der Waals surface area contributed by atoms with Crippen LogP contribution in [-0.2, 0) is 28.8 Å². The minimum Gasteiger partial charge on any atom is -0.377 e. The number of Topliss-reactive ketones (excluding diaryl/α,β-unsaturated/α-hetero) is 1. The Balaban J connectivity index is 2.19. The SMILES string of the molecule is COCC(=O)Cc1ncnc2c1CCCCC2. The molecule has 0 spiro atoms. The van der Waals surface area contributed by atoms with Crippen molar-refractivity contribution >= 4 is 5.78 Å². The van der Waals surface area contributed by atoms with Crippen LogP contribution in [-0.4, -0.2) is 29.5 Å². The summed E-state index contributed by atoms with van der Waals surface area (Å²) in [5.41, 5.74) is 3.24. The maximum atomic E-state index is 11.6. The molecule has 4 heteroatoms. The second kappa shape index (κ2) is 5.87. The fourth-order valence-electron chi connectivity index (χ4n) is 2.32. The van der Waals surface area contributed by atoms with Crippen molar-refractivity contribution in [1.29, 1.82) is 0 Å². The van der Waals surface area contributed by atoms with Gasteiger partial charge in [0.2, 0.25) is 0 Å². The van der Waals surface area contributed by atoms with Crippen molar-refractivity contribution in [2.75, 3.05) is 13.7 Å². The number of hydrogen-bond acceptors (Lipinski definition) is 4. The van der Waals surface area contributed by atoms with Crippen molar-refractivity contribution < 1.29 is 9.53 Å². The average molecular weight is 234 g/mol. The minimum absolute atomic E-state index is 0.0812. The zero-order valence-corrected chi connectivity index (χ0v) is 10.2. The molecule has 0 unspecified atom stereocenters. The van der Waals surface area contributed by atoms with Gasteiger partial charge < -0.3 is 4.74 Å². The molecule has 0 fully saturated rings. The summed E-state index contributed by atoms with van der Waals surface area (Å²) in [5, 5.41) is 0. The smallest absolute Gasteiger partial charge is 0.164 e. The summed E-state index contributed by atoms with van der Waals surface area (Å²) in [4.78, 5) is 20.2. The predicted octanol–water partition coefficient (Wildman–Crippen LogP) is 1.50. The largest absolute Gasteiger partial charge is 0.377 e. The summed E-state index contributed by atoms with van der Waals surface area (Å²) in [5.74, 6) is 0.0812. The summed E-state index contributed by atoms with van der Waals surface area (Å²) in [6.07, 6.45) is 7.58. The van der Waals surface area contributed by atoms with Crippen LogP contribution in [0, 0.1) is 0 Å². The van der Waals surface area contributed by atoms with Gasteiger partial charge in [-0.05, 0) is 31.2 Å². The van der Waals surface area contributed by atoms with Crippen LogP contribution in [0.3, 0.4) is 0 Å². The van der Waals surface area contributed by atoms with Crippen LogP contribution in [0.2, 0.25) is 0 Å². The summed E-state index contributed by atoms with van der Waals surface area (Å²) in [6.45, 7) is 0.165. The summed E-state index contributed by atoms with van der Waals surface area (Å²) < 4.78 is 4.85. The molecule has 17 heavy (non-hydrogen) atoms. The lowest BCUT2D eigenvalue weighted by Crippen LogP contribution is -2.14. The number of aromatic nitrogens is 2. The second-order valence-corrected chi connectivity index (χ2v) is 4.45. The van der Waals surface area contributed by atoms with Crippen LogP contribution in [0.25, 0.3) is 0 Å². The molecule has 0 saturated heterocycles. The Bertz CT molecular complexity index is 404. The number of carbonyl (C=O) groups is 1. The fourth-order valence-corrected chi connectivity index (χ4v) is 2.32. The van der Waals surface area contributed by atoms with E-state index in [0.29, 0.717) is 6.42 Å². The number of rotatable bonds is 4. The highest BCUT2D eigenvalue weighted by Gasteiger charge is 2.16. The Kier molecular flexibility index (Phi) is 4.20. The molecular formula is C13H18N2O2. The molecule has 0 amide bonds. The number of carbonyl (C=O) groups excluding carboxylic acids is 1. The maximum Gasteiger partial charge on any atom is 0.164 e. The highest BCUT2D eigenvalue weighted by Crippen LogP contribution is 2.21. The number of ketones is 1. The number of methoxy groups -OCH3 is 1. The monoisotopic (exact) mass is 234 g/mol. The van der Waals surface area contributed by atoms with E-state index in [1.54, 1.807) is 13.4 Å². The Morgan fingerprint density at radius 3 is 2.94 bits per heavy atom. The number of nitrogens with zero attached hydrogens (tertiary/aromatic N) is 2. The Hall–Kier alpha value is -1.29. The van der Waals surface area contributed by atoms with Gasteiger partial charge in [0, 0.05) is 12.8 Å². The van der Waals surface area contributed by atoms with Gasteiger partial charge in [-0.3, -0.25) is 4.79 Å². The van der Waals surface area contributed by atoms with Gasteiger partial charge in [0.05, 0.1) is 12.1 Å². The molecule has 0 atom stereocenters. The van der Waals surface area contributed by atoms with Gasteiger partial charge in [-0.1, -0.05) is 6.42 Å². The lowest BCUT2D eigenvalue weighted by Gasteiger charge is -2.09. The first-order valence-electron chi connectivity index (χ1n) is 6.13. The van der Waals surface area contributed by atoms with E-state index in [1.807, 2.05) is 0 Å². The van der Waals surface area contributed by atoms with Crippen LogP contribution < -0.4 is 0 Å². The van der Waals surface area contributed by atoms with Crippen LogP contribution >= 0.6 is 0 Å². The predicted molar refractivity (Wildman–Crippen MR) is 63.9 cm³/mol. The highest BCUT2D eigenvalue weighted by atomic mass is 16.5. The quantitative estimate of drug-likeness (QED) is 0.741.